The highest BCUT2D eigenvalue weighted by Gasteiger charge is 2.11. The number of halogens is 1. The molecule has 21 heavy (non-hydrogen) atoms. The number of nitrogens with one attached hydrogen (secondary N) is 1. The smallest absolute Gasteiger partial charge is 0.253 e. The van der Waals surface area contributed by atoms with Gasteiger partial charge >= 0.3 is 0 Å². The van der Waals surface area contributed by atoms with Crippen LogP contribution >= 0.6 is 0 Å². The van der Waals surface area contributed by atoms with E-state index in [1.54, 1.807) is 38.4 Å². The van der Waals surface area contributed by atoms with E-state index in [0.29, 0.717) is 22.6 Å². The predicted octanol–water partition coefficient (Wildman–Crippen LogP) is 3.16. The van der Waals surface area contributed by atoms with Crippen molar-refractivity contribution in [3.05, 3.63) is 53.3 Å². The van der Waals surface area contributed by atoms with E-state index in [1.807, 2.05) is 6.92 Å². The Morgan fingerprint density at radius 2 is 1.86 bits per heavy atom. The minimum atomic E-state index is -0.331. The summed E-state index contributed by atoms with van der Waals surface area (Å²) >= 11 is 0. The molecule has 2 aromatic carbocycles. The molecule has 4 nitrogen and oxygen atoms in total. The number of benzene rings is 2. The maximum atomic E-state index is 13.3. The van der Waals surface area contributed by atoms with Crippen LogP contribution in [-0.4, -0.2) is 24.9 Å². The average Bonchev–Trinajstić information content (AvgIpc) is 2.44. The van der Waals surface area contributed by atoms with Gasteiger partial charge in [0.05, 0.1) is 11.4 Å². The van der Waals surface area contributed by atoms with Crippen molar-refractivity contribution in [2.45, 2.75) is 6.92 Å². The molecule has 0 aliphatic carbocycles. The number of amides is 1. The lowest BCUT2D eigenvalue weighted by atomic mass is 10.1. The Morgan fingerprint density at radius 3 is 2.52 bits per heavy atom. The monoisotopic (exact) mass is 287 g/mol. The first-order chi connectivity index (χ1) is 9.88. The molecule has 0 atom stereocenters. The van der Waals surface area contributed by atoms with Crippen LogP contribution in [0.1, 0.15) is 15.9 Å². The quantitative estimate of drug-likeness (QED) is 0.853. The number of carbonyl (C=O) groups is 1. The van der Waals surface area contributed by atoms with Crippen LogP contribution < -0.4 is 11.1 Å². The summed E-state index contributed by atoms with van der Waals surface area (Å²) < 4.78 is 13.3. The molecule has 5 heteroatoms. The topological polar surface area (TPSA) is 58.4 Å². The molecule has 0 radical (unpaired) electrons. The van der Waals surface area contributed by atoms with Crippen molar-refractivity contribution in [2.75, 3.05) is 25.1 Å². The van der Waals surface area contributed by atoms with E-state index >= 15 is 0 Å². The fourth-order valence-corrected chi connectivity index (χ4v) is 1.93. The van der Waals surface area contributed by atoms with Crippen LogP contribution in [0.2, 0.25) is 0 Å². The molecule has 3 N–H and O–H groups in total. The molecular weight excluding hydrogens is 269 g/mol. The zero-order valence-corrected chi connectivity index (χ0v) is 12.3. The van der Waals surface area contributed by atoms with Crippen LogP contribution in [0.4, 0.5) is 21.5 Å². The standard InChI is InChI=1S/C16H18FN3O/c1-10-4-6-12(17)9-14(10)19-15-8-11(5-7-13(15)18)16(21)20(2)3/h4-9,19H,18H2,1-3H3. The Kier molecular flexibility index (Phi) is 4.12. The van der Waals surface area contributed by atoms with Gasteiger partial charge in [-0.05, 0) is 42.8 Å². The van der Waals surface area contributed by atoms with Gasteiger partial charge in [-0.15, -0.1) is 0 Å². The van der Waals surface area contributed by atoms with Gasteiger partial charge in [-0.1, -0.05) is 6.07 Å². The minimum Gasteiger partial charge on any atom is -0.397 e. The molecule has 0 aliphatic rings. The Bertz CT molecular complexity index is 683. The van der Waals surface area contributed by atoms with Crippen molar-refractivity contribution in [1.29, 1.82) is 0 Å². The van der Waals surface area contributed by atoms with Crippen LogP contribution in [0.25, 0.3) is 0 Å². The zero-order valence-electron chi connectivity index (χ0n) is 12.3. The van der Waals surface area contributed by atoms with Crippen molar-refractivity contribution >= 4 is 23.0 Å². The Morgan fingerprint density at radius 1 is 1.14 bits per heavy atom. The van der Waals surface area contributed by atoms with Crippen LogP contribution in [0, 0.1) is 12.7 Å². The highest BCUT2D eigenvalue weighted by molar-refractivity contribution is 5.96. The maximum absolute atomic E-state index is 13.3. The summed E-state index contributed by atoms with van der Waals surface area (Å²) in [4.78, 5) is 13.5. The SMILES string of the molecule is Cc1ccc(F)cc1Nc1cc(C(=O)N(C)C)ccc1N. The molecule has 0 aromatic heterocycles. The van der Waals surface area contributed by atoms with Gasteiger partial charge in [0.1, 0.15) is 5.82 Å². The molecule has 0 fully saturated rings. The zero-order chi connectivity index (χ0) is 15.6. The van der Waals surface area contributed by atoms with Crippen molar-refractivity contribution in [2.24, 2.45) is 0 Å². The third-order valence-electron chi connectivity index (χ3n) is 3.18. The summed E-state index contributed by atoms with van der Waals surface area (Å²) in [6, 6.07) is 9.48. The molecule has 0 bridgehead atoms. The number of nitrogens with two attached hydrogens (primary N) is 1. The van der Waals surface area contributed by atoms with Gasteiger partial charge < -0.3 is 16.0 Å². The number of hydrogen-bond acceptors (Lipinski definition) is 3. The summed E-state index contributed by atoms with van der Waals surface area (Å²) in [7, 11) is 3.37. The highest BCUT2D eigenvalue weighted by Crippen LogP contribution is 2.27. The second-order valence-electron chi connectivity index (χ2n) is 5.09. The first-order valence-electron chi connectivity index (χ1n) is 6.53. The third-order valence-corrected chi connectivity index (χ3v) is 3.18. The van der Waals surface area contributed by atoms with E-state index in [0.717, 1.165) is 5.56 Å². The van der Waals surface area contributed by atoms with Crippen LogP contribution in [0.5, 0.6) is 0 Å². The van der Waals surface area contributed by atoms with E-state index in [-0.39, 0.29) is 11.7 Å². The second kappa shape index (κ2) is 5.83. The fraction of sp³-hybridized carbons (Fsp3) is 0.188. The molecule has 0 unspecified atom stereocenters. The lowest BCUT2D eigenvalue weighted by Gasteiger charge is -2.15. The van der Waals surface area contributed by atoms with Crippen LogP contribution in [-0.2, 0) is 0 Å². The second-order valence-corrected chi connectivity index (χ2v) is 5.09. The van der Waals surface area contributed by atoms with Gasteiger partial charge in [0, 0.05) is 25.3 Å². The summed E-state index contributed by atoms with van der Waals surface area (Å²) in [5, 5.41) is 3.08. The molecule has 0 saturated carbocycles. The van der Waals surface area contributed by atoms with E-state index in [9.17, 15) is 9.18 Å². The predicted molar refractivity (Wildman–Crippen MR) is 83.3 cm³/mol. The molecule has 2 rings (SSSR count). The molecular formula is C16H18FN3O. The van der Waals surface area contributed by atoms with Crippen LogP contribution in [0.15, 0.2) is 36.4 Å². The minimum absolute atomic E-state index is 0.117. The summed E-state index contributed by atoms with van der Waals surface area (Å²) in [5.74, 6) is -0.448. The largest absolute Gasteiger partial charge is 0.397 e. The van der Waals surface area contributed by atoms with Gasteiger partial charge in [-0.3, -0.25) is 4.79 Å². The van der Waals surface area contributed by atoms with Gasteiger partial charge in [-0.2, -0.15) is 0 Å². The van der Waals surface area contributed by atoms with E-state index in [1.165, 1.54) is 17.0 Å². The van der Waals surface area contributed by atoms with Crippen molar-refractivity contribution in [3.63, 3.8) is 0 Å². The van der Waals surface area contributed by atoms with Gasteiger partial charge in [-0.25, -0.2) is 4.39 Å². The van der Waals surface area contributed by atoms with Gasteiger partial charge in [0.15, 0.2) is 0 Å². The van der Waals surface area contributed by atoms with Crippen molar-refractivity contribution in [1.82, 2.24) is 4.90 Å². The maximum Gasteiger partial charge on any atom is 0.253 e. The first kappa shape index (κ1) is 14.8. The third kappa shape index (κ3) is 3.31. The Labute approximate surface area is 123 Å². The summed E-state index contributed by atoms with van der Waals surface area (Å²) in [6.45, 7) is 1.87. The lowest BCUT2D eigenvalue weighted by molar-refractivity contribution is 0.0827. The Hall–Kier alpha value is -2.56. The van der Waals surface area contributed by atoms with Crippen LogP contribution in [0.3, 0.4) is 0 Å². The average molecular weight is 287 g/mol. The van der Waals surface area contributed by atoms with Gasteiger partial charge in [0.2, 0.25) is 0 Å². The molecule has 0 aliphatic heterocycles. The molecule has 0 saturated heterocycles. The van der Waals surface area contributed by atoms with Crippen molar-refractivity contribution in [3.8, 4) is 0 Å². The normalized spacial score (nSPS) is 10.3. The van der Waals surface area contributed by atoms with E-state index in [4.69, 9.17) is 5.73 Å². The number of anilines is 3. The summed E-state index contributed by atoms with van der Waals surface area (Å²) in [6.07, 6.45) is 0. The Balaban J connectivity index is 2.37. The van der Waals surface area contributed by atoms with Gasteiger partial charge in [0.25, 0.3) is 5.91 Å². The number of hydrogen-bond donors (Lipinski definition) is 2. The number of nitrogen functional groups attached to an aromatic ring is 1. The first-order valence-corrected chi connectivity index (χ1v) is 6.53. The van der Waals surface area contributed by atoms with Crippen molar-refractivity contribution < 1.29 is 9.18 Å². The number of aryl methyl sites for hydroxylation is 1. The lowest BCUT2D eigenvalue weighted by Crippen LogP contribution is -2.21. The molecule has 0 spiro atoms. The molecule has 0 heterocycles. The number of carbonyl (C=O) groups excluding carboxylic acids is 1. The summed E-state index contributed by atoms with van der Waals surface area (Å²) in [5.41, 5.74) is 9.02. The number of rotatable bonds is 3. The highest BCUT2D eigenvalue weighted by atomic mass is 19.1. The number of nitrogens with zero attached hydrogens (tertiary/aromatic N) is 1. The molecule has 2 aromatic rings. The fourth-order valence-electron chi connectivity index (χ4n) is 1.93. The molecule has 110 valence electrons. The van der Waals surface area contributed by atoms with E-state index < -0.39 is 0 Å². The van der Waals surface area contributed by atoms with E-state index in [2.05, 4.69) is 5.32 Å². The molecule has 1 amide bonds.